The molecule has 132 valence electrons. The highest BCUT2D eigenvalue weighted by Crippen LogP contribution is 2.18. The van der Waals surface area contributed by atoms with Crippen molar-refractivity contribution < 1.29 is 14.3 Å². The van der Waals surface area contributed by atoms with Crippen LogP contribution < -0.4 is 10.1 Å². The van der Waals surface area contributed by atoms with Crippen LogP contribution in [0.1, 0.15) is 27.0 Å². The first-order valence-corrected chi connectivity index (χ1v) is 8.14. The molecular formula is C20H24N2O3. The molecule has 5 nitrogen and oxygen atoms in total. The molecule has 0 saturated carbocycles. The van der Waals surface area contributed by atoms with Gasteiger partial charge in [0.15, 0.2) is 6.61 Å². The molecule has 0 heterocycles. The zero-order valence-corrected chi connectivity index (χ0v) is 15.1. The van der Waals surface area contributed by atoms with Crippen molar-refractivity contribution in [2.24, 2.45) is 0 Å². The van der Waals surface area contributed by atoms with Gasteiger partial charge in [0.2, 0.25) is 0 Å². The molecule has 2 rings (SSSR count). The molecule has 0 bridgehead atoms. The lowest BCUT2D eigenvalue weighted by Gasteiger charge is -2.11. The minimum atomic E-state index is -0.187. The Kier molecular flexibility index (Phi) is 6.17. The standard InChI is InChI=1S/C20H24N2O3/c1-14-5-10-18(15(2)11-14)25-13-19(23)21-12-16-6-8-17(9-7-16)20(24)22(3)4/h5-11H,12-13H2,1-4H3,(H,21,23). The number of hydrogen-bond acceptors (Lipinski definition) is 3. The Hall–Kier alpha value is -2.82. The second-order valence-electron chi connectivity index (χ2n) is 6.23. The quantitative estimate of drug-likeness (QED) is 0.879. The van der Waals surface area contributed by atoms with E-state index in [1.165, 1.54) is 4.90 Å². The first-order valence-electron chi connectivity index (χ1n) is 8.14. The van der Waals surface area contributed by atoms with Crippen molar-refractivity contribution in [3.05, 3.63) is 64.7 Å². The number of ether oxygens (including phenoxy) is 1. The number of benzene rings is 2. The van der Waals surface area contributed by atoms with E-state index in [1.807, 2.05) is 44.2 Å². The monoisotopic (exact) mass is 340 g/mol. The summed E-state index contributed by atoms with van der Waals surface area (Å²) in [7, 11) is 3.43. The summed E-state index contributed by atoms with van der Waals surface area (Å²) in [6.07, 6.45) is 0. The van der Waals surface area contributed by atoms with Crippen LogP contribution in [0.4, 0.5) is 0 Å². The molecule has 0 atom stereocenters. The van der Waals surface area contributed by atoms with Crippen LogP contribution in [0.15, 0.2) is 42.5 Å². The molecule has 0 fully saturated rings. The summed E-state index contributed by atoms with van der Waals surface area (Å²) >= 11 is 0. The maximum absolute atomic E-state index is 11.9. The first kappa shape index (κ1) is 18.5. The van der Waals surface area contributed by atoms with Gasteiger partial charge in [0, 0.05) is 26.2 Å². The van der Waals surface area contributed by atoms with Crippen LogP contribution in [-0.4, -0.2) is 37.4 Å². The summed E-state index contributed by atoms with van der Waals surface area (Å²) in [4.78, 5) is 25.3. The largest absolute Gasteiger partial charge is 0.484 e. The van der Waals surface area contributed by atoms with Gasteiger partial charge in [-0.1, -0.05) is 29.8 Å². The Morgan fingerprint density at radius 3 is 2.32 bits per heavy atom. The third-order valence-corrected chi connectivity index (χ3v) is 3.79. The van der Waals surface area contributed by atoms with Gasteiger partial charge in [-0.3, -0.25) is 9.59 Å². The van der Waals surface area contributed by atoms with E-state index >= 15 is 0 Å². The maximum Gasteiger partial charge on any atom is 0.258 e. The van der Waals surface area contributed by atoms with Crippen LogP contribution in [0.5, 0.6) is 5.75 Å². The molecule has 25 heavy (non-hydrogen) atoms. The lowest BCUT2D eigenvalue weighted by atomic mass is 10.1. The molecule has 0 aliphatic rings. The molecule has 5 heteroatoms. The minimum absolute atomic E-state index is 0.0267. The van der Waals surface area contributed by atoms with Gasteiger partial charge >= 0.3 is 0 Å². The second kappa shape index (κ2) is 8.33. The number of rotatable bonds is 6. The van der Waals surface area contributed by atoms with E-state index in [0.717, 1.165) is 16.7 Å². The molecule has 0 aliphatic carbocycles. The molecule has 0 radical (unpaired) electrons. The molecule has 0 saturated heterocycles. The first-order chi connectivity index (χ1) is 11.9. The van der Waals surface area contributed by atoms with E-state index in [-0.39, 0.29) is 18.4 Å². The Morgan fingerprint density at radius 2 is 1.72 bits per heavy atom. The number of nitrogens with zero attached hydrogens (tertiary/aromatic N) is 1. The molecule has 0 unspecified atom stereocenters. The normalized spacial score (nSPS) is 10.2. The summed E-state index contributed by atoms with van der Waals surface area (Å²) in [5.41, 5.74) is 3.72. The molecular weight excluding hydrogens is 316 g/mol. The van der Waals surface area contributed by atoms with Gasteiger partial charge in [-0.15, -0.1) is 0 Å². The fraction of sp³-hybridized carbons (Fsp3) is 0.300. The van der Waals surface area contributed by atoms with E-state index in [0.29, 0.717) is 17.9 Å². The highest BCUT2D eigenvalue weighted by molar-refractivity contribution is 5.93. The van der Waals surface area contributed by atoms with Gasteiger partial charge in [0.25, 0.3) is 11.8 Å². The average Bonchev–Trinajstić information content (AvgIpc) is 2.59. The summed E-state index contributed by atoms with van der Waals surface area (Å²) in [6.45, 7) is 4.34. The number of carbonyl (C=O) groups is 2. The Balaban J connectivity index is 1.82. The summed E-state index contributed by atoms with van der Waals surface area (Å²) in [6, 6.07) is 13.0. The smallest absolute Gasteiger partial charge is 0.258 e. The van der Waals surface area contributed by atoms with Crippen LogP contribution in [0, 0.1) is 13.8 Å². The number of hydrogen-bond donors (Lipinski definition) is 1. The molecule has 0 aliphatic heterocycles. The number of carbonyl (C=O) groups excluding carboxylic acids is 2. The Labute approximate surface area is 148 Å². The van der Waals surface area contributed by atoms with E-state index in [2.05, 4.69) is 5.32 Å². The molecule has 2 aromatic carbocycles. The Morgan fingerprint density at radius 1 is 1.04 bits per heavy atom. The van der Waals surface area contributed by atoms with E-state index in [1.54, 1.807) is 26.2 Å². The number of nitrogens with one attached hydrogen (secondary N) is 1. The summed E-state index contributed by atoms with van der Waals surface area (Å²) < 4.78 is 5.56. The number of amides is 2. The van der Waals surface area contributed by atoms with Crippen molar-refractivity contribution in [3.8, 4) is 5.75 Å². The average molecular weight is 340 g/mol. The lowest BCUT2D eigenvalue weighted by molar-refractivity contribution is -0.123. The van der Waals surface area contributed by atoms with Gasteiger partial charge < -0.3 is 15.0 Å². The predicted octanol–water partition coefficient (Wildman–Crippen LogP) is 2.70. The zero-order valence-electron chi connectivity index (χ0n) is 15.1. The lowest BCUT2D eigenvalue weighted by Crippen LogP contribution is -2.28. The van der Waals surface area contributed by atoms with Gasteiger partial charge in [0.05, 0.1) is 0 Å². The highest BCUT2D eigenvalue weighted by atomic mass is 16.5. The van der Waals surface area contributed by atoms with Crippen molar-refractivity contribution in [3.63, 3.8) is 0 Å². The van der Waals surface area contributed by atoms with Crippen LogP contribution in [0.25, 0.3) is 0 Å². The van der Waals surface area contributed by atoms with Gasteiger partial charge in [-0.25, -0.2) is 0 Å². The van der Waals surface area contributed by atoms with Crippen LogP contribution in [0.2, 0.25) is 0 Å². The van der Waals surface area contributed by atoms with E-state index in [9.17, 15) is 9.59 Å². The van der Waals surface area contributed by atoms with Crippen molar-refractivity contribution >= 4 is 11.8 Å². The zero-order chi connectivity index (χ0) is 18.4. The van der Waals surface area contributed by atoms with Gasteiger partial charge in [0.1, 0.15) is 5.75 Å². The molecule has 2 amide bonds. The number of aryl methyl sites for hydroxylation is 2. The maximum atomic E-state index is 11.9. The molecule has 0 aromatic heterocycles. The third-order valence-electron chi connectivity index (χ3n) is 3.79. The fourth-order valence-corrected chi connectivity index (χ4v) is 2.38. The van der Waals surface area contributed by atoms with Gasteiger partial charge in [-0.05, 0) is 43.2 Å². The topological polar surface area (TPSA) is 58.6 Å². The van der Waals surface area contributed by atoms with E-state index < -0.39 is 0 Å². The van der Waals surface area contributed by atoms with Crippen molar-refractivity contribution in [1.82, 2.24) is 10.2 Å². The van der Waals surface area contributed by atoms with Crippen LogP contribution in [0.3, 0.4) is 0 Å². The Bertz CT molecular complexity index is 752. The fourth-order valence-electron chi connectivity index (χ4n) is 2.38. The second-order valence-corrected chi connectivity index (χ2v) is 6.23. The summed E-state index contributed by atoms with van der Waals surface area (Å²) in [5.74, 6) is 0.484. The SMILES string of the molecule is Cc1ccc(OCC(=O)NCc2ccc(C(=O)N(C)C)cc2)c(C)c1. The van der Waals surface area contributed by atoms with Crippen LogP contribution >= 0.6 is 0 Å². The van der Waals surface area contributed by atoms with Crippen molar-refractivity contribution in [2.75, 3.05) is 20.7 Å². The minimum Gasteiger partial charge on any atom is -0.484 e. The highest BCUT2D eigenvalue weighted by Gasteiger charge is 2.08. The molecule has 0 spiro atoms. The van der Waals surface area contributed by atoms with E-state index in [4.69, 9.17) is 4.74 Å². The summed E-state index contributed by atoms with van der Waals surface area (Å²) in [5, 5.41) is 2.81. The molecule has 1 N–H and O–H groups in total. The predicted molar refractivity (Wildman–Crippen MR) is 97.7 cm³/mol. The molecule has 2 aromatic rings. The van der Waals surface area contributed by atoms with Crippen molar-refractivity contribution in [1.29, 1.82) is 0 Å². The van der Waals surface area contributed by atoms with Crippen LogP contribution in [-0.2, 0) is 11.3 Å². The van der Waals surface area contributed by atoms with Crippen molar-refractivity contribution in [2.45, 2.75) is 20.4 Å². The third kappa shape index (κ3) is 5.35. The van der Waals surface area contributed by atoms with Gasteiger partial charge in [-0.2, -0.15) is 0 Å².